The zero-order valence-corrected chi connectivity index (χ0v) is 18.2. The van der Waals surface area contributed by atoms with Gasteiger partial charge in [0.1, 0.15) is 23.1 Å². The van der Waals surface area contributed by atoms with E-state index in [0.717, 1.165) is 12.1 Å². The van der Waals surface area contributed by atoms with Gasteiger partial charge in [-0.05, 0) is 79.7 Å². The summed E-state index contributed by atoms with van der Waals surface area (Å²) in [7, 11) is 0. The number of hydrogen-bond donors (Lipinski definition) is 1. The number of pyridine rings is 1. The molecule has 0 aliphatic rings. The summed E-state index contributed by atoms with van der Waals surface area (Å²) in [6.07, 6.45) is -5.68. The molecule has 6 nitrogen and oxygen atoms in total. The number of nitrogens with one attached hydrogen (secondary N) is 1. The van der Waals surface area contributed by atoms with Crippen molar-refractivity contribution >= 4 is 22.5 Å². The van der Waals surface area contributed by atoms with Crippen molar-refractivity contribution in [3.05, 3.63) is 84.7 Å². The maximum atomic E-state index is 13.3. The third kappa shape index (κ3) is 6.59. The molecule has 0 bridgehead atoms. The highest BCUT2D eigenvalue weighted by Gasteiger charge is 2.31. The number of benzene rings is 3. The topological polar surface area (TPSA) is 69.7 Å². The minimum atomic E-state index is -4.79. The fraction of sp³-hybridized carbons (Fsp3) is 0.120. The minimum Gasteiger partial charge on any atom is -0.481 e. The van der Waals surface area contributed by atoms with Crippen molar-refractivity contribution in [1.29, 1.82) is 0 Å². The molecule has 180 valence electrons. The SMILES string of the molecule is CC(Oc1ccc(Oc2ccc3cc(F)ccc3n2)cc1)C(=O)Nc1ccc(OC(F)(F)F)cc1. The van der Waals surface area contributed by atoms with Crippen LogP contribution in [0.2, 0.25) is 0 Å². The van der Waals surface area contributed by atoms with Crippen LogP contribution in [0.25, 0.3) is 10.9 Å². The molecule has 4 rings (SSSR count). The quantitative estimate of drug-likeness (QED) is 0.303. The second kappa shape index (κ2) is 9.88. The summed E-state index contributed by atoms with van der Waals surface area (Å²) in [5.74, 6) is -0.0287. The van der Waals surface area contributed by atoms with Crippen molar-refractivity contribution in [2.75, 3.05) is 5.32 Å². The van der Waals surface area contributed by atoms with E-state index in [1.165, 1.54) is 31.2 Å². The van der Waals surface area contributed by atoms with E-state index in [-0.39, 0.29) is 11.5 Å². The summed E-state index contributed by atoms with van der Waals surface area (Å²) in [6, 6.07) is 18.8. The molecule has 35 heavy (non-hydrogen) atoms. The standard InChI is InChI=1S/C25H18F4N2O4/c1-15(24(32)30-18-4-6-21(7-5-18)35-25(27,28)29)33-19-8-10-20(11-9-19)34-23-13-2-16-14-17(26)3-12-22(16)31-23/h2-15H,1H3,(H,30,32). The van der Waals surface area contributed by atoms with E-state index in [9.17, 15) is 22.4 Å². The van der Waals surface area contributed by atoms with Crippen LogP contribution >= 0.6 is 0 Å². The number of hydrogen-bond acceptors (Lipinski definition) is 5. The molecule has 10 heteroatoms. The molecule has 1 N–H and O–H groups in total. The number of rotatable bonds is 7. The summed E-state index contributed by atoms with van der Waals surface area (Å²) < 4.78 is 65.1. The van der Waals surface area contributed by atoms with Crippen molar-refractivity contribution in [1.82, 2.24) is 4.98 Å². The Balaban J connectivity index is 1.32. The summed E-state index contributed by atoms with van der Waals surface area (Å²) in [4.78, 5) is 16.7. The Labute approximate surface area is 197 Å². The van der Waals surface area contributed by atoms with Crippen LogP contribution in [0, 0.1) is 5.82 Å². The maximum Gasteiger partial charge on any atom is 0.573 e. The number of alkyl halides is 3. The maximum absolute atomic E-state index is 13.3. The predicted octanol–water partition coefficient (Wildman–Crippen LogP) is 6.47. The van der Waals surface area contributed by atoms with Gasteiger partial charge in [-0.1, -0.05) is 0 Å². The van der Waals surface area contributed by atoms with Crippen LogP contribution in [-0.4, -0.2) is 23.4 Å². The highest BCUT2D eigenvalue weighted by Crippen LogP contribution is 2.26. The van der Waals surface area contributed by atoms with Crippen LogP contribution < -0.4 is 19.5 Å². The lowest BCUT2D eigenvalue weighted by molar-refractivity contribution is -0.274. The van der Waals surface area contributed by atoms with E-state index < -0.39 is 24.1 Å². The lowest BCUT2D eigenvalue weighted by Crippen LogP contribution is -2.30. The average molecular weight is 486 g/mol. The number of ether oxygens (including phenoxy) is 3. The summed E-state index contributed by atoms with van der Waals surface area (Å²) in [5.41, 5.74) is 0.876. The van der Waals surface area contributed by atoms with Gasteiger partial charge in [-0.15, -0.1) is 13.2 Å². The van der Waals surface area contributed by atoms with E-state index in [2.05, 4.69) is 15.0 Å². The molecule has 1 amide bonds. The Morgan fingerprint density at radius 3 is 2.23 bits per heavy atom. The molecular formula is C25H18F4N2O4. The summed E-state index contributed by atoms with van der Waals surface area (Å²) in [6.45, 7) is 1.53. The molecule has 0 saturated heterocycles. The number of carbonyl (C=O) groups excluding carboxylic acids is 1. The molecule has 0 radical (unpaired) electrons. The van der Waals surface area contributed by atoms with Crippen molar-refractivity contribution in [2.24, 2.45) is 0 Å². The van der Waals surface area contributed by atoms with Gasteiger partial charge < -0.3 is 19.5 Å². The molecule has 0 fully saturated rings. The molecule has 3 aromatic carbocycles. The van der Waals surface area contributed by atoms with E-state index in [1.54, 1.807) is 42.5 Å². The first-order chi connectivity index (χ1) is 16.6. The average Bonchev–Trinajstić information content (AvgIpc) is 2.81. The molecule has 4 aromatic rings. The molecule has 0 saturated carbocycles. The molecule has 1 atom stereocenters. The lowest BCUT2D eigenvalue weighted by atomic mass is 10.2. The Morgan fingerprint density at radius 1 is 0.886 bits per heavy atom. The van der Waals surface area contributed by atoms with Gasteiger partial charge in [0, 0.05) is 17.1 Å². The zero-order chi connectivity index (χ0) is 25.0. The van der Waals surface area contributed by atoms with Gasteiger partial charge in [0.25, 0.3) is 5.91 Å². The third-order valence-electron chi connectivity index (χ3n) is 4.71. The van der Waals surface area contributed by atoms with Gasteiger partial charge in [-0.3, -0.25) is 4.79 Å². The zero-order valence-electron chi connectivity index (χ0n) is 18.2. The first-order valence-electron chi connectivity index (χ1n) is 10.3. The molecule has 0 aliphatic carbocycles. The van der Waals surface area contributed by atoms with Crippen LogP contribution in [0.4, 0.5) is 23.2 Å². The summed E-state index contributed by atoms with van der Waals surface area (Å²) >= 11 is 0. The number of carbonyl (C=O) groups is 1. The number of halogens is 4. The predicted molar refractivity (Wildman–Crippen MR) is 120 cm³/mol. The molecule has 0 spiro atoms. The Bertz CT molecular complexity index is 1330. The lowest BCUT2D eigenvalue weighted by Gasteiger charge is -2.15. The van der Waals surface area contributed by atoms with Gasteiger partial charge in [0.2, 0.25) is 5.88 Å². The molecule has 1 aromatic heterocycles. The van der Waals surface area contributed by atoms with E-state index in [1.807, 2.05) is 0 Å². The van der Waals surface area contributed by atoms with Crippen molar-refractivity contribution in [2.45, 2.75) is 19.4 Å². The van der Waals surface area contributed by atoms with E-state index >= 15 is 0 Å². The van der Waals surface area contributed by atoms with Crippen molar-refractivity contribution in [3.63, 3.8) is 0 Å². The molecular weight excluding hydrogens is 468 g/mol. The van der Waals surface area contributed by atoms with Crippen LogP contribution in [0.1, 0.15) is 6.92 Å². The number of anilines is 1. The number of fused-ring (bicyclic) bond motifs is 1. The normalized spacial score (nSPS) is 12.1. The van der Waals surface area contributed by atoms with Crippen LogP contribution in [-0.2, 0) is 4.79 Å². The number of aromatic nitrogens is 1. The monoisotopic (exact) mass is 486 g/mol. The van der Waals surface area contributed by atoms with Gasteiger partial charge in [0.15, 0.2) is 6.10 Å². The van der Waals surface area contributed by atoms with Gasteiger partial charge in [0.05, 0.1) is 5.52 Å². The largest absolute Gasteiger partial charge is 0.573 e. The first kappa shape index (κ1) is 23.8. The van der Waals surface area contributed by atoms with Crippen LogP contribution in [0.15, 0.2) is 78.9 Å². The second-order valence-electron chi connectivity index (χ2n) is 7.38. The van der Waals surface area contributed by atoms with Crippen molar-refractivity contribution < 1.29 is 36.6 Å². The fourth-order valence-electron chi connectivity index (χ4n) is 3.08. The van der Waals surface area contributed by atoms with Gasteiger partial charge in [-0.25, -0.2) is 9.37 Å². The van der Waals surface area contributed by atoms with E-state index in [4.69, 9.17) is 9.47 Å². The fourth-order valence-corrected chi connectivity index (χ4v) is 3.08. The third-order valence-corrected chi connectivity index (χ3v) is 4.71. The van der Waals surface area contributed by atoms with Crippen LogP contribution in [0.5, 0.6) is 23.1 Å². The second-order valence-corrected chi connectivity index (χ2v) is 7.38. The first-order valence-corrected chi connectivity index (χ1v) is 10.3. The highest BCUT2D eigenvalue weighted by atomic mass is 19.4. The number of nitrogens with zero attached hydrogens (tertiary/aromatic N) is 1. The molecule has 1 heterocycles. The van der Waals surface area contributed by atoms with Gasteiger partial charge in [-0.2, -0.15) is 0 Å². The Morgan fingerprint density at radius 2 is 1.54 bits per heavy atom. The smallest absolute Gasteiger partial charge is 0.481 e. The molecule has 0 aliphatic heterocycles. The number of amides is 1. The van der Waals surface area contributed by atoms with E-state index in [0.29, 0.717) is 28.3 Å². The minimum absolute atomic E-state index is 0.286. The summed E-state index contributed by atoms with van der Waals surface area (Å²) in [5, 5.41) is 3.21. The Kier molecular flexibility index (Phi) is 6.72. The van der Waals surface area contributed by atoms with Crippen LogP contribution in [0.3, 0.4) is 0 Å². The van der Waals surface area contributed by atoms with Gasteiger partial charge >= 0.3 is 6.36 Å². The Hall–Kier alpha value is -4.34. The molecule has 1 unspecified atom stereocenters. The highest BCUT2D eigenvalue weighted by molar-refractivity contribution is 5.94. The van der Waals surface area contributed by atoms with Crippen molar-refractivity contribution in [3.8, 4) is 23.1 Å².